The number of nitrogens with zero attached hydrogens (tertiary/aromatic N) is 1. The van der Waals surface area contributed by atoms with Gasteiger partial charge >= 0.3 is 5.97 Å². The second-order valence-corrected chi connectivity index (χ2v) is 6.03. The predicted octanol–water partition coefficient (Wildman–Crippen LogP) is 0.112. The summed E-state index contributed by atoms with van der Waals surface area (Å²) in [4.78, 5) is 59.9. The minimum Gasteiger partial charge on any atom is -0.480 e. The summed E-state index contributed by atoms with van der Waals surface area (Å²) in [5.41, 5.74) is -0.600. The van der Waals surface area contributed by atoms with Crippen LogP contribution in [0.1, 0.15) is 40.5 Å². The summed E-state index contributed by atoms with van der Waals surface area (Å²) in [6.07, 6.45) is -0.0408. The van der Waals surface area contributed by atoms with E-state index in [0.717, 1.165) is 12.1 Å². The van der Waals surface area contributed by atoms with Crippen molar-refractivity contribution in [1.82, 2.24) is 10.2 Å². The summed E-state index contributed by atoms with van der Waals surface area (Å²) in [6.45, 7) is 1.29. The number of imide groups is 2. The third-order valence-electron chi connectivity index (χ3n) is 4.27. The summed E-state index contributed by atoms with van der Waals surface area (Å²) < 4.78 is 14.2. The number of anilines is 1. The number of carbonyl (C=O) groups excluding carboxylic acids is 4. The molecule has 9 nitrogen and oxygen atoms in total. The minimum absolute atomic E-state index is 0.0141. The third-order valence-corrected chi connectivity index (χ3v) is 4.27. The molecule has 4 amide bonds. The van der Waals surface area contributed by atoms with Crippen LogP contribution in [0.4, 0.5) is 10.1 Å². The SMILES string of the molecule is CC(Nc1cc2c(cc1F)C(=O)N(C1CCC(=O)NC1=O)C2=O)C(=O)O. The average molecular weight is 363 g/mol. The Balaban J connectivity index is 1.94. The number of carboxylic acids is 1. The highest BCUT2D eigenvalue weighted by Gasteiger charge is 2.45. The third kappa shape index (κ3) is 2.79. The Bertz CT molecular complexity index is 868. The maximum absolute atomic E-state index is 14.2. The van der Waals surface area contributed by atoms with Crippen LogP contribution >= 0.6 is 0 Å². The van der Waals surface area contributed by atoms with Gasteiger partial charge in [-0.15, -0.1) is 0 Å². The summed E-state index contributed by atoms with van der Waals surface area (Å²) in [7, 11) is 0. The van der Waals surface area contributed by atoms with Gasteiger partial charge in [-0.25, -0.2) is 4.39 Å². The number of carboxylic acid groups (broad SMARTS) is 1. The van der Waals surface area contributed by atoms with Crippen molar-refractivity contribution in [3.8, 4) is 0 Å². The molecule has 136 valence electrons. The van der Waals surface area contributed by atoms with E-state index < -0.39 is 47.5 Å². The summed E-state index contributed by atoms with van der Waals surface area (Å²) in [6, 6.07) is -0.396. The van der Waals surface area contributed by atoms with Crippen LogP contribution < -0.4 is 10.6 Å². The number of hydrogen-bond donors (Lipinski definition) is 3. The zero-order valence-corrected chi connectivity index (χ0v) is 13.5. The van der Waals surface area contributed by atoms with E-state index in [2.05, 4.69) is 10.6 Å². The molecule has 0 bridgehead atoms. The maximum Gasteiger partial charge on any atom is 0.325 e. The molecule has 2 heterocycles. The van der Waals surface area contributed by atoms with Crippen molar-refractivity contribution in [3.63, 3.8) is 0 Å². The van der Waals surface area contributed by atoms with Gasteiger partial charge in [0.2, 0.25) is 11.8 Å². The molecular formula is C16H14FN3O6. The van der Waals surface area contributed by atoms with Crippen molar-refractivity contribution in [2.45, 2.75) is 31.8 Å². The normalized spacial score (nSPS) is 20.7. The van der Waals surface area contributed by atoms with E-state index in [4.69, 9.17) is 5.11 Å². The topological polar surface area (TPSA) is 133 Å². The van der Waals surface area contributed by atoms with Crippen LogP contribution in [0.25, 0.3) is 0 Å². The molecule has 0 saturated carbocycles. The number of carbonyl (C=O) groups is 5. The molecule has 2 atom stereocenters. The number of nitrogens with one attached hydrogen (secondary N) is 2. The smallest absolute Gasteiger partial charge is 0.325 e. The van der Waals surface area contributed by atoms with Crippen molar-refractivity contribution in [1.29, 1.82) is 0 Å². The molecule has 0 radical (unpaired) electrons. The van der Waals surface area contributed by atoms with E-state index >= 15 is 0 Å². The highest BCUT2D eigenvalue weighted by atomic mass is 19.1. The van der Waals surface area contributed by atoms with Gasteiger partial charge in [0, 0.05) is 6.42 Å². The number of piperidine rings is 1. The Labute approximate surface area is 146 Å². The van der Waals surface area contributed by atoms with E-state index in [1.165, 1.54) is 6.92 Å². The van der Waals surface area contributed by atoms with Crippen LogP contribution in [-0.4, -0.2) is 51.7 Å². The molecule has 1 saturated heterocycles. The van der Waals surface area contributed by atoms with Crippen LogP contribution in [0, 0.1) is 5.82 Å². The zero-order valence-electron chi connectivity index (χ0n) is 13.5. The molecule has 2 aliphatic heterocycles. The highest BCUT2D eigenvalue weighted by Crippen LogP contribution is 2.31. The first-order valence-electron chi connectivity index (χ1n) is 7.75. The number of aliphatic carboxylic acids is 1. The second-order valence-electron chi connectivity index (χ2n) is 6.03. The van der Waals surface area contributed by atoms with E-state index in [9.17, 15) is 28.4 Å². The van der Waals surface area contributed by atoms with Crippen LogP contribution in [0.5, 0.6) is 0 Å². The van der Waals surface area contributed by atoms with Crippen LogP contribution in [0.2, 0.25) is 0 Å². The Morgan fingerprint density at radius 3 is 2.46 bits per heavy atom. The fraction of sp³-hybridized carbons (Fsp3) is 0.312. The largest absolute Gasteiger partial charge is 0.480 e. The molecule has 2 unspecified atom stereocenters. The molecule has 10 heteroatoms. The van der Waals surface area contributed by atoms with Crippen LogP contribution in [-0.2, 0) is 14.4 Å². The minimum atomic E-state index is -1.22. The van der Waals surface area contributed by atoms with E-state index in [-0.39, 0.29) is 29.7 Å². The first-order chi connectivity index (χ1) is 12.2. The van der Waals surface area contributed by atoms with Crippen molar-refractivity contribution in [2.24, 2.45) is 0 Å². The summed E-state index contributed by atoms with van der Waals surface area (Å²) in [5.74, 6) is -5.03. The number of fused-ring (bicyclic) bond motifs is 1. The number of amides is 4. The molecule has 1 aromatic carbocycles. The Kier molecular flexibility index (Phi) is 4.18. The Hall–Kier alpha value is -3.30. The van der Waals surface area contributed by atoms with Gasteiger partial charge in [-0.3, -0.25) is 34.2 Å². The molecule has 1 aromatic rings. The van der Waals surface area contributed by atoms with Crippen molar-refractivity contribution < 1.29 is 33.5 Å². The van der Waals surface area contributed by atoms with Crippen molar-refractivity contribution in [3.05, 3.63) is 29.1 Å². The maximum atomic E-state index is 14.2. The van der Waals surface area contributed by atoms with E-state index in [1.807, 2.05) is 0 Å². The van der Waals surface area contributed by atoms with E-state index in [1.54, 1.807) is 0 Å². The number of hydrogen-bond acceptors (Lipinski definition) is 6. The van der Waals surface area contributed by atoms with Gasteiger partial charge in [0.25, 0.3) is 11.8 Å². The van der Waals surface area contributed by atoms with Crippen molar-refractivity contribution >= 4 is 35.3 Å². The van der Waals surface area contributed by atoms with E-state index in [0.29, 0.717) is 4.90 Å². The van der Waals surface area contributed by atoms with Crippen LogP contribution in [0.15, 0.2) is 12.1 Å². The number of benzene rings is 1. The van der Waals surface area contributed by atoms with Gasteiger partial charge in [-0.05, 0) is 25.5 Å². The summed E-state index contributed by atoms with van der Waals surface area (Å²) in [5, 5.41) is 13.4. The average Bonchev–Trinajstić information content (AvgIpc) is 2.79. The van der Waals surface area contributed by atoms with Crippen molar-refractivity contribution in [2.75, 3.05) is 5.32 Å². The van der Waals surface area contributed by atoms with Gasteiger partial charge in [-0.1, -0.05) is 0 Å². The molecule has 0 aromatic heterocycles. The summed E-state index contributed by atoms with van der Waals surface area (Å²) >= 11 is 0. The number of halogens is 1. The fourth-order valence-corrected chi connectivity index (χ4v) is 2.90. The van der Waals surface area contributed by atoms with Gasteiger partial charge in [0.1, 0.15) is 17.9 Å². The Morgan fingerprint density at radius 1 is 1.27 bits per heavy atom. The molecule has 0 aliphatic carbocycles. The number of rotatable bonds is 4. The van der Waals surface area contributed by atoms with Gasteiger partial charge in [0.05, 0.1) is 16.8 Å². The monoisotopic (exact) mass is 363 g/mol. The van der Waals surface area contributed by atoms with Gasteiger partial charge in [0.15, 0.2) is 0 Å². The quantitative estimate of drug-likeness (QED) is 0.647. The van der Waals surface area contributed by atoms with Gasteiger partial charge < -0.3 is 10.4 Å². The second kappa shape index (κ2) is 6.21. The lowest BCUT2D eigenvalue weighted by Crippen LogP contribution is -2.54. The lowest BCUT2D eigenvalue weighted by atomic mass is 10.0. The predicted molar refractivity (Wildman–Crippen MR) is 83.8 cm³/mol. The molecule has 3 N–H and O–H groups in total. The standard InChI is InChI=1S/C16H14FN3O6/c1-6(16(25)26)18-10-5-8-7(4-9(10)17)14(23)20(15(8)24)11-2-3-12(21)19-13(11)22/h4-6,11,18H,2-3H2,1H3,(H,25,26)(H,19,21,22). The highest BCUT2D eigenvalue weighted by molar-refractivity contribution is 6.23. The zero-order chi connectivity index (χ0) is 19.2. The lowest BCUT2D eigenvalue weighted by Gasteiger charge is -2.27. The van der Waals surface area contributed by atoms with Gasteiger partial charge in [-0.2, -0.15) is 0 Å². The molecule has 3 rings (SSSR count). The molecule has 26 heavy (non-hydrogen) atoms. The first kappa shape index (κ1) is 17.5. The Morgan fingerprint density at radius 2 is 1.88 bits per heavy atom. The molecular weight excluding hydrogens is 349 g/mol. The van der Waals surface area contributed by atoms with Crippen LogP contribution in [0.3, 0.4) is 0 Å². The fourth-order valence-electron chi connectivity index (χ4n) is 2.90. The molecule has 2 aliphatic rings. The lowest BCUT2D eigenvalue weighted by molar-refractivity contribution is -0.138. The molecule has 1 fully saturated rings. The first-order valence-corrected chi connectivity index (χ1v) is 7.75. The molecule has 0 spiro atoms.